The lowest BCUT2D eigenvalue weighted by atomic mass is 10.1. The normalized spacial score (nSPS) is 11.4. The van der Waals surface area contributed by atoms with Gasteiger partial charge < -0.3 is 10.4 Å². The van der Waals surface area contributed by atoms with E-state index < -0.39 is 4.92 Å². The molecule has 5 nitrogen and oxygen atoms in total. The molecule has 1 aromatic carbocycles. The molecule has 0 aliphatic heterocycles. The van der Waals surface area contributed by atoms with Crippen LogP contribution in [0.1, 0.15) is 32.8 Å². The van der Waals surface area contributed by atoms with Crippen molar-refractivity contribution in [2.24, 2.45) is 0 Å². The number of hydrogen-bond acceptors (Lipinski definition) is 4. The Balaban J connectivity index is 0.000000982. The second-order valence-electron chi connectivity index (χ2n) is 4.27. The summed E-state index contributed by atoms with van der Waals surface area (Å²) in [6.45, 7) is 7.07. The molecule has 1 aromatic rings. The number of non-ortho nitro benzene ring substituents is 1. The first-order valence-electron chi connectivity index (χ1n) is 6.66. The molecular weight excluding hydrogens is 244 g/mol. The molecule has 108 valence electrons. The average molecular weight is 268 g/mol. The molecule has 0 aromatic heterocycles. The molecule has 0 bridgehead atoms. The zero-order valence-corrected chi connectivity index (χ0v) is 11.9. The van der Waals surface area contributed by atoms with Gasteiger partial charge in [0.2, 0.25) is 0 Å². The highest BCUT2D eigenvalue weighted by atomic mass is 16.6. The largest absolute Gasteiger partial charge is 0.395 e. The van der Waals surface area contributed by atoms with Crippen LogP contribution < -0.4 is 5.32 Å². The van der Waals surface area contributed by atoms with Crippen LogP contribution in [0.2, 0.25) is 0 Å². The van der Waals surface area contributed by atoms with E-state index in [1.165, 1.54) is 18.6 Å². The number of benzene rings is 1. The fourth-order valence-electron chi connectivity index (χ4n) is 1.53. The van der Waals surface area contributed by atoms with Crippen molar-refractivity contribution in [3.8, 4) is 0 Å². The highest BCUT2D eigenvalue weighted by Gasteiger charge is 2.08. The molecule has 0 fully saturated rings. The van der Waals surface area contributed by atoms with E-state index in [1.54, 1.807) is 12.1 Å². The summed E-state index contributed by atoms with van der Waals surface area (Å²) >= 11 is 0. The summed E-state index contributed by atoms with van der Waals surface area (Å²) in [7, 11) is 0. The highest BCUT2D eigenvalue weighted by Crippen LogP contribution is 2.13. The summed E-state index contributed by atoms with van der Waals surface area (Å²) in [6, 6.07) is 6.41. The monoisotopic (exact) mass is 268 g/mol. The molecule has 5 heteroatoms. The number of hydrogen-bond donors (Lipinski definition) is 2. The number of nitrogens with zero attached hydrogens (tertiary/aromatic N) is 1. The van der Waals surface area contributed by atoms with E-state index in [9.17, 15) is 10.1 Å². The molecule has 0 amide bonds. The SMILES string of the molecule is CCC.CCN[C@H](CO)Cc1ccc([N+](=O)[O-])cc1. The van der Waals surface area contributed by atoms with Gasteiger partial charge in [0.25, 0.3) is 5.69 Å². The Hall–Kier alpha value is -1.46. The van der Waals surface area contributed by atoms with Crippen LogP contribution >= 0.6 is 0 Å². The Morgan fingerprint density at radius 3 is 2.16 bits per heavy atom. The summed E-state index contributed by atoms with van der Waals surface area (Å²) in [5, 5.41) is 22.7. The molecule has 1 rings (SSSR count). The maximum atomic E-state index is 10.4. The van der Waals surface area contributed by atoms with Gasteiger partial charge >= 0.3 is 0 Å². The zero-order valence-electron chi connectivity index (χ0n) is 11.9. The Morgan fingerprint density at radius 1 is 1.26 bits per heavy atom. The summed E-state index contributed by atoms with van der Waals surface area (Å²) in [5.74, 6) is 0. The second-order valence-corrected chi connectivity index (χ2v) is 4.27. The third-order valence-corrected chi connectivity index (χ3v) is 2.34. The Labute approximate surface area is 114 Å². The number of nitrogens with one attached hydrogen (secondary N) is 1. The second kappa shape index (κ2) is 10.5. The van der Waals surface area contributed by atoms with Crippen molar-refractivity contribution in [3.05, 3.63) is 39.9 Å². The topological polar surface area (TPSA) is 75.4 Å². The molecule has 0 saturated heterocycles. The first-order valence-corrected chi connectivity index (χ1v) is 6.66. The van der Waals surface area contributed by atoms with Crippen LogP contribution in [0.15, 0.2) is 24.3 Å². The van der Waals surface area contributed by atoms with Crippen molar-refractivity contribution in [1.29, 1.82) is 0 Å². The zero-order chi connectivity index (χ0) is 14.7. The first-order chi connectivity index (χ1) is 9.08. The van der Waals surface area contributed by atoms with Crippen molar-refractivity contribution >= 4 is 5.69 Å². The fraction of sp³-hybridized carbons (Fsp3) is 0.571. The lowest BCUT2D eigenvalue weighted by Gasteiger charge is -2.14. The lowest BCUT2D eigenvalue weighted by molar-refractivity contribution is -0.384. The third kappa shape index (κ3) is 7.54. The average Bonchev–Trinajstić information content (AvgIpc) is 2.39. The highest BCUT2D eigenvalue weighted by molar-refractivity contribution is 5.33. The Bertz CT molecular complexity index is 352. The van der Waals surface area contributed by atoms with E-state index in [0.717, 1.165) is 12.1 Å². The standard InChI is InChI=1S/C11H16N2O3.C3H8/c1-2-12-10(8-14)7-9-3-5-11(6-4-9)13(15)16;1-3-2/h3-6,10,12,14H,2,7-8H2,1H3;3H2,1-2H3/t10-;/m0./s1. The molecule has 2 N–H and O–H groups in total. The van der Waals surface area contributed by atoms with Gasteiger partial charge in [0.1, 0.15) is 0 Å². The lowest BCUT2D eigenvalue weighted by Crippen LogP contribution is -2.34. The van der Waals surface area contributed by atoms with Gasteiger partial charge in [0.15, 0.2) is 0 Å². The Morgan fingerprint density at radius 2 is 1.79 bits per heavy atom. The van der Waals surface area contributed by atoms with Gasteiger partial charge in [-0.1, -0.05) is 39.3 Å². The van der Waals surface area contributed by atoms with Crippen molar-refractivity contribution in [2.75, 3.05) is 13.2 Å². The predicted molar refractivity (Wildman–Crippen MR) is 77.3 cm³/mol. The van der Waals surface area contributed by atoms with Crippen LogP contribution in [0, 0.1) is 10.1 Å². The maximum absolute atomic E-state index is 10.4. The number of rotatable bonds is 6. The molecule has 0 radical (unpaired) electrons. The number of aliphatic hydroxyl groups is 1. The fourth-order valence-corrected chi connectivity index (χ4v) is 1.53. The number of likely N-dealkylation sites (N-methyl/N-ethyl adjacent to an activating group) is 1. The minimum atomic E-state index is -0.419. The number of aliphatic hydroxyl groups excluding tert-OH is 1. The Kier molecular flexibility index (Phi) is 9.66. The van der Waals surface area contributed by atoms with Crippen molar-refractivity contribution in [2.45, 2.75) is 39.7 Å². The van der Waals surface area contributed by atoms with Gasteiger partial charge in [-0.2, -0.15) is 0 Å². The van der Waals surface area contributed by atoms with Gasteiger partial charge in [-0.25, -0.2) is 0 Å². The van der Waals surface area contributed by atoms with Crippen molar-refractivity contribution in [3.63, 3.8) is 0 Å². The quantitative estimate of drug-likeness (QED) is 0.614. The number of nitro benzene ring substituents is 1. The summed E-state index contributed by atoms with van der Waals surface area (Å²) in [4.78, 5) is 10.0. The van der Waals surface area contributed by atoms with E-state index in [-0.39, 0.29) is 18.3 Å². The first kappa shape index (κ1) is 17.5. The van der Waals surface area contributed by atoms with E-state index in [0.29, 0.717) is 6.42 Å². The molecule has 0 aliphatic rings. The summed E-state index contributed by atoms with van der Waals surface area (Å²) in [6.07, 6.45) is 1.92. The van der Waals surface area contributed by atoms with Gasteiger partial charge in [-0.15, -0.1) is 0 Å². The molecule has 0 aliphatic carbocycles. The molecular formula is C14H24N2O3. The predicted octanol–water partition coefficient (Wildman–Crippen LogP) is 2.52. The third-order valence-electron chi connectivity index (χ3n) is 2.34. The minimum absolute atomic E-state index is 0.00598. The van der Waals surface area contributed by atoms with E-state index >= 15 is 0 Å². The maximum Gasteiger partial charge on any atom is 0.269 e. The van der Waals surface area contributed by atoms with E-state index in [4.69, 9.17) is 5.11 Å². The van der Waals surface area contributed by atoms with Crippen LogP contribution in [-0.2, 0) is 6.42 Å². The molecule has 19 heavy (non-hydrogen) atoms. The van der Waals surface area contributed by atoms with Crippen LogP contribution in [0.3, 0.4) is 0 Å². The summed E-state index contributed by atoms with van der Waals surface area (Å²) < 4.78 is 0. The van der Waals surface area contributed by atoms with Crippen LogP contribution in [0.5, 0.6) is 0 Å². The van der Waals surface area contributed by atoms with E-state index in [2.05, 4.69) is 19.2 Å². The van der Waals surface area contributed by atoms with Gasteiger partial charge in [0, 0.05) is 18.2 Å². The molecule has 1 atom stereocenters. The van der Waals surface area contributed by atoms with Gasteiger partial charge in [-0.3, -0.25) is 10.1 Å². The van der Waals surface area contributed by atoms with E-state index in [1.807, 2.05) is 6.92 Å². The molecule has 0 unspecified atom stereocenters. The number of nitro groups is 1. The molecule has 0 spiro atoms. The van der Waals surface area contributed by atoms with Crippen molar-refractivity contribution < 1.29 is 10.0 Å². The van der Waals surface area contributed by atoms with Gasteiger partial charge in [-0.05, 0) is 18.5 Å². The molecule has 0 saturated carbocycles. The van der Waals surface area contributed by atoms with Crippen molar-refractivity contribution in [1.82, 2.24) is 5.32 Å². The van der Waals surface area contributed by atoms with Crippen LogP contribution in [-0.4, -0.2) is 29.2 Å². The van der Waals surface area contributed by atoms with Crippen LogP contribution in [0.4, 0.5) is 5.69 Å². The molecule has 0 heterocycles. The minimum Gasteiger partial charge on any atom is -0.395 e. The van der Waals surface area contributed by atoms with Crippen LogP contribution in [0.25, 0.3) is 0 Å². The smallest absolute Gasteiger partial charge is 0.269 e. The van der Waals surface area contributed by atoms with Gasteiger partial charge in [0.05, 0.1) is 11.5 Å². The summed E-state index contributed by atoms with van der Waals surface area (Å²) in [5.41, 5.74) is 1.07.